The van der Waals surface area contributed by atoms with Gasteiger partial charge in [0.25, 0.3) is 0 Å². The fraction of sp³-hybridized carbons (Fsp3) is 0.909. The lowest BCUT2D eigenvalue weighted by molar-refractivity contribution is -0.128. The molecule has 0 radical (unpaired) electrons. The van der Waals surface area contributed by atoms with Crippen molar-refractivity contribution in [2.45, 2.75) is 50.9 Å². The third kappa shape index (κ3) is 2.32. The first-order chi connectivity index (χ1) is 7.20. The molecule has 2 rings (SSSR count). The first kappa shape index (κ1) is 10.9. The summed E-state index contributed by atoms with van der Waals surface area (Å²) in [5.41, 5.74) is 0. The summed E-state index contributed by atoms with van der Waals surface area (Å²) in [6.07, 6.45) is 3.02. The summed E-state index contributed by atoms with van der Waals surface area (Å²) in [6, 6.07) is 0.186. The smallest absolute Gasteiger partial charge is 0.226 e. The summed E-state index contributed by atoms with van der Waals surface area (Å²) in [7, 11) is 0. The minimum absolute atomic E-state index is 0.0211. The van der Waals surface area contributed by atoms with E-state index in [1.165, 1.54) is 0 Å². The van der Waals surface area contributed by atoms with E-state index < -0.39 is 0 Å². The van der Waals surface area contributed by atoms with Crippen LogP contribution in [0.1, 0.15) is 32.6 Å². The summed E-state index contributed by atoms with van der Waals surface area (Å²) >= 11 is 0. The largest absolute Gasteiger partial charge is 0.393 e. The van der Waals surface area contributed by atoms with Crippen LogP contribution in [-0.2, 0) is 9.53 Å². The highest BCUT2D eigenvalue weighted by molar-refractivity contribution is 5.79. The second-order valence-corrected chi connectivity index (χ2v) is 4.54. The molecule has 0 aromatic heterocycles. The summed E-state index contributed by atoms with van der Waals surface area (Å²) in [6.45, 7) is 2.74. The molecule has 1 amide bonds. The van der Waals surface area contributed by atoms with Crippen LogP contribution in [0.4, 0.5) is 0 Å². The van der Waals surface area contributed by atoms with Crippen molar-refractivity contribution in [3.8, 4) is 0 Å². The zero-order valence-corrected chi connectivity index (χ0v) is 9.11. The van der Waals surface area contributed by atoms with Crippen molar-refractivity contribution >= 4 is 5.91 Å². The van der Waals surface area contributed by atoms with Gasteiger partial charge in [-0.05, 0) is 25.7 Å². The fourth-order valence-corrected chi connectivity index (χ4v) is 2.36. The van der Waals surface area contributed by atoms with Gasteiger partial charge in [0, 0.05) is 12.6 Å². The summed E-state index contributed by atoms with van der Waals surface area (Å²) in [5, 5.41) is 12.1. The Labute approximate surface area is 90.0 Å². The third-order valence-corrected chi connectivity index (χ3v) is 3.41. The molecule has 1 saturated heterocycles. The highest BCUT2D eigenvalue weighted by atomic mass is 16.5. The second kappa shape index (κ2) is 4.49. The van der Waals surface area contributed by atoms with Crippen LogP contribution in [0.5, 0.6) is 0 Å². The van der Waals surface area contributed by atoms with Crippen molar-refractivity contribution in [2.75, 3.05) is 6.61 Å². The lowest BCUT2D eigenvalue weighted by Crippen LogP contribution is -2.49. The molecule has 86 valence electrons. The van der Waals surface area contributed by atoms with Crippen LogP contribution in [-0.4, -0.2) is 35.9 Å². The maximum absolute atomic E-state index is 11.9. The number of aliphatic hydroxyl groups excluding tert-OH is 1. The van der Waals surface area contributed by atoms with E-state index in [1.54, 1.807) is 0 Å². The molecule has 2 fully saturated rings. The van der Waals surface area contributed by atoms with Crippen LogP contribution in [0.2, 0.25) is 0 Å². The molecule has 1 aliphatic heterocycles. The van der Waals surface area contributed by atoms with E-state index in [9.17, 15) is 4.79 Å². The van der Waals surface area contributed by atoms with Crippen molar-refractivity contribution in [1.82, 2.24) is 5.32 Å². The Morgan fingerprint density at radius 1 is 1.53 bits per heavy atom. The number of amides is 1. The number of nitrogens with one attached hydrogen (secondary N) is 1. The van der Waals surface area contributed by atoms with Gasteiger partial charge < -0.3 is 15.2 Å². The van der Waals surface area contributed by atoms with Crippen LogP contribution in [0.15, 0.2) is 0 Å². The first-order valence-electron chi connectivity index (χ1n) is 5.80. The Morgan fingerprint density at radius 3 is 2.87 bits per heavy atom. The van der Waals surface area contributed by atoms with Gasteiger partial charge in [-0.3, -0.25) is 4.79 Å². The number of rotatable bonds is 3. The number of aliphatic hydroxyl groups is 1. The van der Waals surface area contributed by atoms with Gasteiger partial charge in [-0.15, -0.1) is 0 Å². The van der Waals surface area contributed by atoms with Crippen molar-refractivity contribution < 1.29 is 14.6 Å². The van der Waals surface area contributed by atoms with E-state index in [1.807, 2.05) is 6.92 Å². The Kier molecular flexibility index (Phi) is 3.26. The predicted molar refractivity (Wildman–Crippen MR) is 55.3 cm³/mol. The molecule has 0 spiro atoms. The van der Waals surface area contributed by atoms with Gasteiger partial charge in [-0.2, -0.15) is 0 Å². The first-order valence-corrected chi connectivity index (χ1v) is 5.80. The standard InChI is InChI=1S/C11H19NO3/c1-2-10-9(3-4-15-10)11(14)12-7-5-8(13)6-7/h7-10,13H,2-6H2,1H3,(H,12,14). The number of ether oxygens (including phenoxy) is 1. The van der Waals surface area contributed by atoms with Crippen molar-refractivity contribution in [3.63, 3.8) is 0 Å². The van der Waals surface area contributed by atoms with E-state index in [2.05, 4.69) is 5.32 Å². The van der Waals surface area contributed by atoms with E-state index >= 15 is 0 Å². The van der Waals surface area contributed by atoms with E-state index in [4.69, 9.17) is 9.84 Å². The average molecular weight is 213 g/mol. The average Bonchev–Trinajstić information content (AvgIpc) is 2.62. The van der Waals surface area contributed by atoms with Crippen LogP contribution < -0.4 is 5.32 Å². The van der Waals surface area contributed by atoms with Gasteiger partial charge in [0.1, 0.15) is 0 Å². The predicted octanol–water partition coefficient (Wildman–Crippen LogP) is 0.441. The number of hydrogen-bond donors (Lipinski definition) is 2. The molecular formula is C11H19NO3. The lowest BCUT2D eigenvalue weighted by Gasteiger charge is -2.33. The van der Waals surface area contributed by atoms with Crippen molar-refractivity contribution in [1.29, 1.82) is 0 Å². The molecule has 15 heavy (non-hydrogen) atoms. The van der Waals surface area contributed by atoms with Gasteiger partial charge >= 0.3 is 0 Å². The van der Waals surface area contributed by atoms with Gasteiger partial charge in [-0.1, -0.05) is 6.92 Å². The number of carbonyl (C=O) groups excluding carboxylic acids is 1. The molecule has 2 atom stereocenters. The maximum Gasteiger partial charge on any atom is 0.226 e. The second-order valence-electron chi connectivity index (χ2n) is 4.54. The van der Waals surface area contributed by atoms with E-state index in [0.717, 1.165) is 12.8 Å². The van der Waals surface area contributed by atoms with Crippen LogP contribution in [0.25, 0.3) is 0 Å². The molecule has 4 heteroatoms. The number of carbonyl (C=O) groups is 1. The Morgan fingerprint density at radius 2 is 2.27 bits per heavy atom. The molecule has 0 aromatic carbocycles. The molecule has 2 unspecified atom stereocenters. The minimum atomic E-state index is -0.211. The van der Waals surface area contributed by atoms with Gasteiger partial charge in [0.15, 0.2) is 0 Å². The molecule has 1 aliphatic carbocycles. The van der Waals surface area contributed by atoms with Gasteiger partial charge in [0.2, 0.25) is 5.91 Å². The van der Waals surface area contributed by atoms with Crippen LogP contribution >= 0.6 is 0 Å². The molecule has 1 saturated carbocycles. The van der Waals surface area contributed by atoms with Crippen molar-refractivity contribution in [2.24, 2.45) is 5.92 Å². The quantitative estimate of drug-likeness (QED) is 0.715. The van der Waals surface area contributed by atoms with Crippen LogP contribution in [0.3, 0.4) is 0 Å². The minimum Gasteiger partial charge on any atom is -0.393 e. The monoisotopic (exact) mass is 213 g/mol. The SMILES string of the molecule is CCC1OCCC1C(=O)NC1CC(O)C1. The topological polar surface area (TPSA) is 58.6 Å². The lowest BCUT2D eigenvalue weighted by atomic mass is 9.88. The zero-order chi connectivity index (χ0) is 10.8. The zero-order valence-electron chi connectivity index (χ0n) is 9.11. The molecule has 2 N–H and O–H groups in total. The fourth-order valence-electron chi connectivity index (χ4n) is 2.36. The Bertz CT molecular complexity index is 238. The van der Waals surface area contributed by atoms with E-state index in [-0.39, 0.29) is 30.1 Å². The number of hydrogen-bond acceptors (Lipinski definition) is 3. The molecule has 2 aliphatic rings. The summed E-state index contributed by atoms with van der Waals surface area (Å²) in [5.74, 6) is 0.129. The maximum atomic E-state index is 11.9. The van der Waals surface area contributed by atoms with Crippen molar-refractivity contribution in [3.05, 3.63) is 0 Å². The van der Waals surface area contributed by atoms with Crippen LogP contribution in [0, 0.1) is 5.92 Å². The van der Waals surface area contributed by atoms with Gasteiger partial charge in [-0.25, -0.2) is 0 Å². The highest BCUT2D eigenvalue weighted by Crippen LogP contribution is 2.25. The normalized spacial score (nSPS) is 39.9. The molecular weight excluding hydrogens is 194 g/mol. The van der Waals surface area contributed by atoms with Gasteiger partial charge in [0.05, 0.1) is 18.1 Å². The Balaban J connectivity index is 1.80. The summed E-state index contributed by atoms with van der Waals surface area (Å²) in [4.78, 5) is 11.9. The third-order valence-electron chi connectivity index (χ3n) is 3.41. The van der Waals surface area contributed by atoms with E-state index in [0.29, 0.717) is 19.4 Å². The Hall–Kier alpha value is -0.610. The molecule has 0 aromatic rings. The molecule has 4 nitrogen and oxygen atoms in total. The highest BCUT2D eigenvalue weighted by Gasteiger charge is 2.36. The molecule has 0 bridgehead atoms. The summed E-state index contributed by atoms with van der Waals surface area (Å²) < 4.78 is 5.48. The molecule has 1 heterocycles.